The van der Waals surface area contributed by atoms with Gasteiger partial charge in [-0.3, -0.25) is 9.78 Å². The molecule has 2 saturated heterocycles. The molecule has 1 aromatic heterocycles. The van der Waals surface area contributed by atoms with E-state index in [1.807, 2.05) is 29.2 Å². The maximum atomic E-state index is 13.2. The first-order valence-electron chi connectivity index (χ1n) is 11.5. The van der Waals surface area contributed by atoms with Gasteiger partial charge >= 0.3 is 0 Å². The Bertz CT molecular complexity index is 1290. The van der Waals surface area contributed by atoms with Crippen LogP contribution in [0.25, 0.3) is 10.8 Å². The zero-order chi connectivity index (χ0) is 23.7. The summed E-state index contributed by atoms with van der Waals surface area (Å²) in [5.74, 6) is 0.141. The number of piperidine rings is 1. The van der Waals surface area contributed by atoms with Crippen LogP contribution in [-0.2, 0) is 14.8 Å². The summed E-state index contributed by atoms with van der Waals surface area (Å²) >= 11 is 6.04. The molecule has 0 saturated carbocycles. The van der Waals surface area contributed by atoms with Crippen molar-refractivity contribution >= 4 is 44.0 Å². The van der Waals surface area contributed by atoms with Crippen molar-refractivity contribution in [2.24, 2.45) is 5.92 Å². The van der Waals surface area contributed by atoms with E-state index in [0.717, 1.165) is 42.4 Å². The predicted octanol–water partition coefficient (Wildman–Crippen LogP) is 3.64. The second-order valence-corrected chi connectivity index (χ2v) is 11.2. The van der Waals surface area contributed by atoms with Crippen molar-refractivity contribution in [1.82, 2.24) is 14.2 Å². The van der Waals surface area contributed by atoms with Crippen molar-refractivity contribution in [2.45, 2.75) is 17.7 Å². The van der Waals surface area contributed by atoms with Crippen LogP contribution in [0.5, 0.6) is 0 Å². The number of benzene rings is 2. The maximum Gasteiger partial charge on any atom is 0.243 e. The molecular weight excluding hydrogens is 472 g/mol. The minimum absolute atomic E-state index is 0.00597. The van der Waals surface area contributed by atoms with Gasteiger partial charge in [-0.1, -0.05) is 23.7 Å². The highest BCUT2D eigenvalue weighted by molar-refractivity contribution is 7.89. The summed E-state index contributed by atoms with van der Waals surface area (Å²) in [6, 6.07) is 14.5. The van der Waals surface area contributed by atoms with E-state index >= 15 is 0 Å². The molecular formula is C25H27ClN4O3S. The maximum absolute atomic E-state index is 13.2. The highest BCUT2D eigenvalue weighted by atomic mass is 35.5. The molecule has 2 aliphatic rings. The number of hydrogen-bond donors (Lipinski definition) is 0. The number of piperazine rings is 1. The number of hydrogen-bond acceptors (Lipinski definition) is 5. The topological polar surface area (TPSA) is 73.8 Å². The summed E-state index contributed by atoms with van der Waals surface area (Å²) in [7, 11) is -3.62. The lowest BCUT2D eigenvalue weighted by atomic mass is 9.94. The number of rotatable bonds is 4. The van der Waals surface area contributed by atoms with Gasteiger partial charge in [0.1, 0.15) is 0 Å². The number of carbonyl (C=O) groups excluding carboxylic acids is 1. The third kappa shape index (κ3) is 4.62. The summed E-state index contributed by atoms with van der Waals surface area (Å²) in [6.07, 6.45) is 5.18. The average molecular weight is 499 g/mol. The van der Waals surface area contributed by atoms with Gasteiger partial charge in [-0.05, 0) is 60.0 Å². The van der Waals surface area contributed by atoms with Crippen LogP contribution < -0.4 is 4.90 Å². The number of sulfonamides is 1. The average Bonchev–Trinajstić information content (AvgIpc) is 2.88. The van der Waals surface area contributed by atoms with Gasteiger partial charge in [-0.2, -0.15) is 4.31 Å². The smallest absolute Gasteiger partial charge is 0.243 e. The Morgan fingerprint density at radius 1 is 0.853 bits per heavy atom. The number of halogens is 1. The Labute approximate surface area is 205 Å². The molecule has 0 spiro atoms. The molecule has 1 amide bonds. The molecule has 2 aromatic carbocycles. The molecule has 5 rings (SSSR count). The highest BCUT2D eigenvalue weighted by Crippen LogP contribution is 2.27. The Morgan fingerprint density at radius 3 is 2.21 bits per heavy atom. The monoisotopic (exact) mass is 498 g/mol. The largest absolute Gasteiger partial charge is 0.371 e. The lowest BCUT2D eigenvalue weighted by molar-refractivity contribution is -0.137. The van der Waals surface area contributed by atoms with Gasteiger partial charge in [-0.15, -0.1) is 0 Å². The van der Waals surface area contributed by atoms with Crippen molar-refractivity contribution < 1.29 is 13.2 Å². The first-order valence-corrected chi connectivity index (χ1v) is 13.4. The third-order valence-electron chi connectivity index (χ3n) is 6.83. The van der Waals surface area contributed by atoms with Crippen molar-refractivity contribution in [2.75, 3.05) is 44.2 Å². The molecule has 0 radical (unpaired) electrons. The summed E-state index contributed by atoms with van der Waals surface area (Å²) < 4.78 is 28.0. The van der Waals surface area contributed by atoms with Crippen LogP contribution in [0, 0.1) is 5.92 Å². The van der Waals surface area contributed by atoms with E-state index < -0.39 is 10.0 Å². The molecule has 0 N–H and O–H groups in total. The molecule has 7 nitrogen and oxygen atoms in total. The first kappa shape index (κ1) is 23.1. The molecule has 2 fully saturated rings. The minimum Gasteiger partial charge on any atom is -0.371 e. The number of carbonyl (C=O) groups is 1. The fourth-order valence-corrected chi connectivity index (χ4v) is 6.49. The Morgan fingerprint density at radius 2 is 1.50 bits per heavy atom. The fraction of sp³-hybridized carbons (Fsp3) is 0.360. The second kappa shape index (κ2) is 9.52. The first-order chi connectivity index (χ1) is 16.4. The molecule has 34 heavy (non-hydrogen) atoms. The van der Waals surface area contributed by atoms with Gasteiger partial charge in [0.25, 0.3) is 0 Å². The molecule has 3 aromatic rings. The van der Waals surface area contributed by atoms with Crippen molar-refractivity contribution in [3.63, 3.8) is 0 Å². The van der Waals surface area contributed by atoms with Crippen LogP contribution in [0.15, 0.2) is 65.8 Å². The zero-order valence-electron chi connectivity index (χ0n) is 18.8. The Balaban J connectivity index is 1.19. The standard InChI is InChI=1S/C25H27ClN4O3S/c26-22-3-1-21-18-24(4-2-20(21)17-22)34(32,33)30-15-13-29(14-16-30)25(31)19-7-11-28(12-8-19)23-5-9-27-10-6-23/h1-6,9-10,17-19H,7-8,11-16H2. The lowest BCUT2D eigenvalue weighted by Crippen LogP contribution is -2.52. The van der Waals surface area contributed by atoms with E-state index in [9.17, 15) is 13.2 Å². The van der Waals surface area contributed by atoms with Crippen LogP contribution in [0.3, 0.4) is 0 Å². The summed E-state index contributed by atoms with van der Waals surface area (Å²) in [5.41, 5.74) is 1.14. The van der Waals surface area contributed by atoms with Crippen molar-refractivity contribution in [3.05, 3.63) is 65.9 Å². The normalized spacial score (nSPS) is 18.4. The van der Waals surface area contributed by atoms with Crippen LogP contribution >= 0.6 is 11.6 Å². The van der Waals surface area contributed by atoms with E-state index in [4.69, 9.17) is 11.6 Å². The molecule has 2 aliphatic heterocycles. The number of pyridine rings is 1. The Hall–Kier alpha value is -2.68. The number of aromatic nitrogens is 1. The summed E-state index contributed by atoms with van der Waals surface area (Å²) in [4.78, 5) is 21.6. The van der Waals surface area contributed by atoms with E-state index in [1.54, 1.807) is 36.7 Å². The van der Waals surface area contributed by atoms with Gasteiger partial charge in [0, 0.05) is 68.3 Å². The van der Waals surface area contributed by atoms with Gasteiger partial charge in [-0.25, -0.2) is 8.42 Å². The van der Waals surface area contributed by atoms with Crippen LogP contribution in [0.2, 0.25) is 5.02 Å². The van der Waals surface area contributed by atoms with Crippen molar-refractivity contribution in [3.8, 4) is 0 Å². The fourth-order valence-electron chi connectivity index (χ4n) is 4.85. The summed E-state index contributed by atoms with van der Waals surface area (Å²) in [5, 5.41) is 2.35. The van der Waals surface area contributed by atoms with E-state index in [1.165, 1.54) is 4.31 Å². The van der Waals surface area contributed by atoms with E-state index in [0.29, 0.717) is 31.2 Å². The number of fused-ring (bicyclic) bond motifs is 1. The predicted molar refractivity (Wildman–Crippen MR) is 133 cm³/mol. The lowest BCUT2D eigenvalue weighted by Gasteiger charge is -2.38. The van der Waals surface area contributed by atoms with Crippen molar-refractivity contribution in [1.29, 1.82) is 0 Å². The van der Waals surface area contributed by atoms with Gasteiger partial charge in [0.05, 0.1) is 4.90 Å². The molecule has 0 bridgehead atoms. The van der Waals surface area contributed by atoms with Crippen LogP contribution in [0.4, 0.5) is 5.69 Å². The summed E-state index contributed by atoms with van der Waals surface area (Å²) in [6.45, 7) is 3.13. The highest BCUT2D eigenvalue weighted by Gasteiger charge is 2.34. The van der Waals surface area contributed by atoms with Gasteiger partial charge in [0.15, 0.2) is 0 Å². The zero-order valence-corrected chi connectivity index (χ0v) is 20.4. The second-order valence-electron chi connectivity index (χ2n) is 8.85. The molecule has 9 heteroatoms. The molecule has 0 aliphatic carbocycles. The minimum atomic E-state index is -3.62. The van der Waals surface area contributed by atoms with Crippen LogP contribution in [0.1, 0.15) is 12.8 Å². The molecule has 0 unspecified atom stereocenters. The van der Waals surface area contributed by atoms with Gasteiger partial charge in [0.2, 0.25) is 15.9 Å². The quantitative estimate of drug-likeness (QED) is 0.549. The van der Waals surface area contributed by atoms with Crippen LogP contribution in [-0.4, -0.2) is 67.8 Å². The number of nitrogens with zero attached hydrogens (tertiary/aromatic N) is 4. The molecule has 178 valence electrons. The van der Waals surface area contributed by atoms with E-state index in [-0.39, 0.29) is 16.7 Å². The third-order valence-corrected chi connectivity index (χ3v) is 8.96. The van der Waals surface area contributed by atoms with Gasteiger partial charge < -0.3 is 9.80 Å². The number of amides is 1. The number of anilines is 1. The van der Waals surface area contributed by atoms with E-state index in [2.05, 4.69) is 9.88 Å². The SMILES string of the molecule is O=C(C1CCN(c2ccncc2)CC1)N1CCN(S(=O)(=O)c2ccc3cc(Cl)ccc3c2)CC1. The molecule has 0 atom stereocenters. The molecule has 3 heterocycles. The Kier molecular flexibility index (Phi) is 6.46.